The van der Waals surface area contributed by atoms with Gasteiger partial charge in [-0.15, -0.1) is 0 Å². The maximum atomic E-state index is 13.5. The summed E-state index contributed by atoms with van der Waals surface area (Å²) in [4.78, 5) is 12.9. The molecule has 0 N–H and O–H groups in total. The average Bonchev–Trinajstić information content (AvgIpc) is 3.38. The van der Waals surface area contributed by atoms with Crippen LogP contribution in [-0.4, -0.2) is 64.7 Å². The Hall–Kier alpha value is -2.27. The van der Waals surface area contributed by atoms with Crippen molar-refractivity contribution >= 4 is 26.0 Å². The molecule has 2 aromatic rings. The van der Waals surface area contributed by atoms with Crippen LogP contribution < -0.4 is 0 Å². The van der Waals surface area contributed by atoms with E-state index in [1.807, 2.05) is 13.8 Å². The fourth-order valence-electron chi connectivity index (χ4n) is 6.33. The van der Waals surface area contributed by atoms with Crippen molar-refractivity contribution in [1.29, 1.82) is 0 Å². The number of sulfonamides is 2. The van der Waals surface area contributed by atoms with E-state index in [0.717, 1.165) is 11.1 Å². The molecular formula is C25H30N2O6S2. The molecular weight excluding hydrogens is 488 g/mol. The molecule has 2 heterocycles. The lowest BCUT2D eigenvalue weighted by molar-refractivity contribution is -0.145. The molecule has 8 nitrogen and oxygen atoms in total. The Kier molecular flexibility index (Phi) is 5.67. The van der Waals surface area contributed by atoms with Crippen LogP contribution in [0.15, 0.2) is 58.3 Å². The van der Waals surface area contributed by atoms with Crippen molar-refractivity contribution in [2.24, 2.45) is 16.7 Å². The first-order valence-electron chi connectivity index (χ1n) is 11.6. The van der Waals surface area contributed by atoms with Crippen LogP contribution in [0.1, 0.15) is 24.0 Å². The SMILES string of the molecule is COC(=O)C1CC23CN(S(=O)(=O)c4ccc(C)cc4)CC2(C1)CN(S(=O)(=O)c1ccc(C)cc1)C3. The Balaban J connectivity index is 1.49. The second-order valence-electron chi connectivity index (χ2n) is 10.4. The Bertz CT molecular complexity index is 1260. The lowest BCUT2D eigenvalue weighted by atomic mass is 9.71. The standard InChI is InChI=1S/C25H30N2O6S2/c1-18-4-8-21(9-5-18)34(29,30)26-14-24-12-20(23(28)33-3)13-25(24,15-26)17-27(16-24)35(31,32)22-10-6-19(2)7-11-22/h4-11,20H,12-17H2,1-3H3. The van der Waals surface area contributed by atoms with Gasteiger partial charge in [-0.2, -0.15) is 8.61 Å². The summed E-state index contributed by atoms with van der Waals surface area (Å²) in [5, 5.41) is 0. The summed E-state index contributed by atoms with van der Waals surface area (Å²) in [6.45, 7) is 4.50. The summed E-state index contributed by atoms with van der Waals surface area (Å²) in [7, 11) is -6.16. The molecule has 2 aromatic carbocycles. The third-order valence-electron chi connectivity index (χ3n) is 8.17. The summed E-state index contributed by atoms with van der Waals surface area (Å²) in [6, 6.07) is 13.5. The first kappa shape index (κ1) is 24.4. The number of carbonyl (C=O) groups excluding carboxylic acids is 1. The second-order valence-corrected chi connectivity index (χ2v) is 14.2. The van der Waals surface area contributed by atoms with Crippen LogP contribution in [0.2, 0.25) is 0 Å². The average molecular weight is 519 g/mol. The van der Waals surface area contributed by atoms with Crippen molar-refractivity contribution in [3.63, 3.8) is 0 Å². The van der Waals surface area contributed by atoms with Gasteiger partial charge >= 0.3 is 5.97 Å². The topological polar surface area (TPSA) is 101 Å². The highest BCUT2D eigenvalue weighted by molar-refractivity contribution is 7.89. The van der Waals surface area contributed by atoms with Crippen LogP contribution in [0.4, 0.5) is 0 Å². The number of hydrogen-bond acceptors (Lipinski definition) is 6. The van der Waals surface area contributed by atoms with Crippen LogP contribution in [0.3, 0.4) is 0 Å². The van der Waals surface area contributed by atoms with E-state index in [0.29, 0.717) is 12.8 Å². The summed E-state index contributed by atoms with van der Waals surface area (Å²) in [5.74, 6) is -0.686. The Morgan fingerprint density at radius 1 is 0.743 bits per heavy atom. The zero-order chi connectivity index (χ0) is 25.2. The van der Waals surface area contributed by atoms with Gasteiger partial charge in [0.05, 0.1) is 22.8 Å². The molecule has 0 spiro atoms. The largest absolute Gasteiger partial charge is 0.469 e. The molecule has 5 rings (SSSR count). The highest BCUT2D eigenvalue weighted by Crippen LogP contribution is 2.65. The Morgan fingerprint density at radius 3 is 1.40 bits per heavy atom. The van der Waals surface area contributed by atoms with Gasteiger partial charge < -0.3 is 4.74 Å². The van der Waals surface area contributed by atoms with E-state index < -0.39 is 30.9 Å². The molecule has 0 amide bonds. The van der Waals surface area contributed by atoms with Gasteiger partial charge in [0.15, 0.2) is 0 Å². The van der Waals surface area contributed by atoms with Gasteiger partial charge in [0, 0.05) is 37.0 Å². The lowest BCUT2D eigenvalue weighted by Gasteiger charge is -2.30. The molecule has 1 aliphatic carbocycles. The fourth-order valence-corrected chi connectivity index (χ4v) is 9.56. The fraction of sp³-hybridized carbons (Fsp3) is 0.480. The van der Waals surface area contributed by atoms with Crippen molar-refractivity contribution in [1.82, 2.24) is 8.61 Å². The number of rotatable bonds is 5. The maximum absolute atomic E-state index is 13.5. The monoisotopic (exact) mass is 518 g/mol. The number of aryl methyl sites for hydroxylation is 2. The van der Waals surface area contributed by atoms with Gasteiger partial charge in [-0.05, 0) is 51.0 Å². The van der Waals surface area contributed by atoms with Crippen molar-refractivity contribution < 1.29 is 26.4 Å². The molecule has 2 aliphatic heterocycles. The van der Waals surface area contributed by atoms with Gasteiger partial charge in [0.25, 0.3) is 0 Å². The second kappa shape index (κ2) is 8.12. The van der Waals surface area contributed by atoms with E-state index in [1.54, 1.807) is 48.5 Å². The number of esters is 1. The maximum Gasteiger partial charge on any atom is 0.308 e. The number of carbonyl (C=O) groups is 1. The lowest BCUT2D eigenvalue weighted by Crippen LogP contribution is -2.40. The van der Waals surface area contributed by atoms with Crippen molar-refractivity contribution in [2.45, 2.75) is 36.5 Å². The Labute approximate surface area is 207 Å². The molecule has 1 saturated carbocycles. The molecule has 0 radical (unpaired) electrons. The minimum Gasteiger partial charge on any atom is -0.469 e. The molecule has 3 aliphatic rings. The van der Waals surface area contributed by atoms with Crippen molar-refractivity contribution in [2.75, 3.05) is 33.3 Å². The summed E-state index contributed by atoms with van der Waals surface area (Å²) >= 11 is 0. The number of hydrogen-bond donors (Lipinski definition) is 0. The zero-order valence-electron chi connectivity index (χ0n) is 20.1. The highest BCUT2D eigenvalue weighted by Gasteiger charge is 2.70. The van der Waals surface area contributed by atoms with Crippen molar-refractivity contribution in [3.05, 3.63) is 59.7 Å². The minimum absolute atomic E-state index is 0.177. The molecule has 0 aromatic heterocycles. The first-order valence-corrected chi connectivity index (χ1v) is 14.5. The Morgan fingerprint density at radius 2 is 1.09 bits per heavy atom. The first-order chi connectivity index (χ1) is 16.4. The van der Waals surface area contributed by atoms with Crippen LogP contribution >= 0.6 is 0 Å². The molecule has 0 unspecified atom stereocenters. The van der Waals surface area contributed by atoms with Gasteiger partial charge in [0.2, 0.25) is 20.0 Å². The van der Waals surface area contributed by atoms with E-state index in [2.05, 4.69) is 0 Å². The highest BCUT2D eigenvalue weighted by atomic mass is 32.2. The normalized spacial score (nSPS) is 29.2. The van der Waals surface area contributed by atoms with Crippen molar-refractivity contribution in [3.8, 4) is 0 Å². The number of benzene rings is 2. The van der Waals surface area contributed by atoms with Crippen LogP contribution in [0.5, 0.6) is 0 Å². The predicted molar refractivity (Wildman–Crippen MR) is 129 cm³/mol. The summed E-state index contributed by atoms with van der Waals surface area (Å²) in [6.07, 6.45) is 0.805. The summed E-state index contributed by atoms with van der Waals surface area (Å²) < 4.78 is 62.0. The zero-order valence-corrected chi connectivity index (χ0v) is 21.7. The minimum atomic E-state index is -3.75. The van der Waals surface area contributed by atoms with Gasteiger partial charge in [-0.3, -0.25) is 4.79 Å². The number of methoxy groups -OCH3 is 1. The third kappa shape index (κ3) is 3.73. The smallest absolute Gasteiger partial charge is 0.308 e. The molecule has 2 saturated heterocycles. The quantitative estimate of drug-likeness (QED) is 0.564. The van der Waals surface area contributed by atoms with E-state index in [1.165, 1.54) is 15.7 Å². The van der Waals surface area contributed by atoms with E-state index in [-0.39, 0.29) is 47.9 Å². The molecule has 0 bridgehead atoms. The van der Waals surface area contributed by atoms with Gasteiger partial charge in [-0.25, -0.2) is 16.8 Å². The third-order valence-corrected chi connectivity index (χ3v) is 11.8. The molecule has 188 valence electrons. The van der Waals surface area contributed by atoms with Crippen LogP contribution in [0, 0.1) is 30.6 Å². The van der Waals surface area contributed by atoms with E-state index >= 15 is 0 Å². The van der Waals surface area contributed by atoms with Gasteiger partial charge in [0.1, 0.15) is 0 Å². The van der Waals surface area contributed by atoms with Crippen LogP contribution in [0.25, 0.3) is 0 Å². The molecule has 35 heavy (non-hydrogen) atoms. The van der Waals surface area contributed by atoms with E-state index in [4.69, 9.17) is 4.74 Å². The van der Waals surface area contributed by atoms with Crippen LogP contribution in [-0.2, 0) is 29.6 Å². The number of nitrogens with zero attached hydrogens (tertiary/aromatic N) is 2. The van der Waals surface area contributed by atoms with E-state index in [9.17, 15) is 21.6 Å². The predicted octanol–water partition coefficient (Wildman–Crippen LogP) is 2.57. The summed E-state index contributed by atoms with van der Waals surface area (Å²) in [5.41, 5.74) is 0.631. The van der Waals surface area contributed by atoms with Gasteiger partial charge in [-0.1, -0.05) is 35.4 Å². The molecule has 10 heteroatoms. The number of ether oxygens (including phenoxy) is 1. The molecule has 3 fully saturated rings. The molecule has 0 atom stereocenters.